The lowest BCUT2D eigenvalue weighted by Gasteiger charge is -2.28. The highest BCUT2D eigenvalue weighted by Crippen LogP contribution is 2.47. The number of fused-ring (bicyclic) bond motifs is 4. The van der Waals surface area contributed by atoms with Gasteiger partial charge in [0, 0.05) is 43.8 Å². The molecule has 0 amide bonds. The molecule has 48 heavy (non-hydrogen) atoms. The summed E-state index contributed by atoms with van der Waals surface area (Å²) in [6.07, 6.45) is 2.69. The molecule has 2 saturated heterocycles. The van der Waals surface area contributed by atoms with Gasteiger partial charge in [-0.05, 0) is 53.4 Å². The molecule has 2 atom stereocenters. The highest BCUT2D eigenvalue weighted by molar-refractivity contribution is 5.97. The van der Waals surface area contributed by atoms with E-state index in [1.54, 1.807) is 0 Å². The number of rotatable bonds is 12. The number of aliphatic hydroxyl groups excluding tert-OH is 1. The van der Waals surface area contributed by atoms with Gasteiger partial charge < -0.3 is 33.5 Å². The van der Waals surface area contributed by atoms with Crippen LogP contribution >= 0.6 is 0 Å². The molecule has 2 heterocycles. The van der Waals surface area contributed by atoms with Crippen molar-refractivity contribution in [3.05, 3.63) is 93.1 Å². The number of allylic oxidation sites excluding steroid dienone is 4. The van der Waals surface area contributed by atoms with Gasteiger partial charge in [0.2, 0.25) is 0 Å². The lowest BCUT2D eigenvalue weighted by atomic mass is 9.84. The van der Waals surface area contributed by atoms with E-state index < -0.39 is 6.10 Å². The van der Waals surface area contributed by atoms with Crippen molar-refractivity contribution in [2.45, 2.75) is 71.7 Å². The fourth-order valence-electron chi connectivity index (χ4n) is 7.12. The molecule has 4 aromatic rings. The van der Waals surface area contributed by atoms with Crippen LogP contribution in [0.2, 0.25) is 0 Å². The molecule has 4 aliphatic rings. The molecule has 4 aromatic carbocycles. The summed E-state index contributed by atoms with van der Waals surface area (Å²) in [4.78, 5) is 0. The molecular formula is C41H44O7. The smallest absolute Gasteiger partial charge is 0.131 e. The van der Waals surface area contributed by atoms with Gasteiger partial charge in [-0.1, -0.05) is 70.8 Å². The van der Waals surface area contributed by atoms with Crippen molar-refractivity contribution in [1.82, 2.24) is 0 Å². The molecule has 0 aromatic heterocycles. The van der Waals surface area contributed by atoms with Crippen molar-refractivity contribution in [2.75, 3.05) is 39.6 Å². The van der Waals surface area contributed by atoms with Crippen LogP contribution in [0.25, 0.3) is 21.5 Å². The van der Waals surface area contributed by atoms with Gasteiger partial charge in [-0.15, -0.1) is 0 Å². The van der Waals surface area contributed by atoms with Gasteiger partial charge in [-0.2, -0.15) is 0 Å². The third-order valence-corrected chi connectivity index (χ3v) is 10.4. The maximum Gasteiger partial charge on any atom is 0.131 e. The largest absolute Gasteiger partial charge is 0.490 e. The van der Waals surface area contributed by atoms with Crippen LogP contribution in [0, 0.1) is 0 Å². The van der Waals surface area contributed by atoms with Crippen molar-refractivity contribution in [2.24, 2.45) is 0 Å². The number of aliphatic hydroxyl groups is 1. The number of hydrogen-bond donors (Lipinski definition) is 1. The Morgan fingerprint density at radius 2 is 0.833 bits per heavy atom. The normalized spacial score (nSPS) is 20.4. The molecule has 0 saturated carbocycles. The van der Waals surface area contributed by atoms with E-state index in [1.165, 1.54) is 33.4 Å². The molecule has 250 valence electrons. The van der Waals surface area contributed by atoms with Gasteiger partial charge in [0.15, 0.2) is 0 Å². The zero-order chi connectivity index (χ0) is 32.9. The summed E-state index contributed by atoms with van der Waals surface area (Å²) in [6, 6.07) is 16.5. The lowest BCUT2D eigenvalue weighted by molar-refractivity contribution is 0.0630. The first-order valence-electron chi connectivity index (χ1n) is 17.2. The lowest BCUT2D eigenvalue weighted by Crippen LogP contribution is -2.26. The van der Waals surface area contributed by atoms with E-state index in [-0.39, 0.29) is 25.4 Å². The van der Waals surface area contributed by atoms with Gasteiger partial charge in [-0.25, -0.2) is 0 Å². The first kappa shape index (κ1) is 31.2. The Morgan fingerprint density at radius 1 is 0.542 bits per heavy atom. The summed E-state index contributed by atoms with van der Waals surface area (Å²) < 4.78 is 36.9. The van der Waals surface area contributed by atoms with Crippen molar-refractivity contribution in [3.63, 3.8) is 0 Å². The maximum absolute atomic E-state index is 11.4. The quantitative estimate of drug-likeness (QED) is 0.128. The van der Waals surface area contributed by atoms with E-state index in [4.69, 9.17) is 28.4 Å². The molecule has 0 spiro atoms. The molecule has 2 fully saturated rings. The van der Waals surface area contributed by atoms with Crippen LogP contribution in [0.5, 0.6) is 23.0 Å². The average Bonchev–Trinajstić information content (AvgIpc) is 4.02. The van der Waals surface area contributed by atoms with Crippen LogP contribution in [0.15, 0.2) is 70.8 Å². The van der Waals surface area contributed by atoms with Crippen molar-refractivity contribution >= 4 is 21.5 Å². The minimum Gasteiger partial charge on any atom is -0.490 e. The van der Waals surface area contributed by atoms with Gasteiger partial charge in [0.1, 0.15) is 67.7 Å². The zero-order valence-electron chi connectivity index (χ0n) is 28.3. The minimum absolute atomic E-state index is 0.106. The Labute approximate surface area is 282 Å². The summed E-state index contributed by atoms with van der Waals surface area (Å²) in [6.45, 7) is 11.6. The second-order valence-electron chi connectivity index (χ2n) is 14.0. The van der Waals surface area contributed by atoms with Crippen LogP contribution in [-0.4, -0.2) is 63.1 Å². The molecule has 2 aliphatic carbocycles. The second-order valence-corrected chi connectivity index (χ2v) is 14.0. The Morgan fingerprint density at radius 3 is 1.12 bits per heavy atom. The van der Waals surface area contributed by atoms with E-state index in [1.807, 2.05) is 24.3 Å². The van der Waals surface area contributed by atoms with E-state index in [9.17, 15) is 5.11 Å². The predicted octanol–water partition coefficient (Wildman–Crippen LogP) is 7.24. The first-order chi connectivity index (χ1) is 23.4. The Hall–Kier alpha value is -4.04. The third kappa shape index (κ3) is 6.04. The molecule has 7 heteroatoms. The van der Waals surface area contributed by atoms with Crippen LogP contribution < -0.4 is 18.9 Å². The monoisotopic (exact) mass is 648 g/mol. The molecule has 8 rings (SSSR count). The zero-order valence-corrected chi connectivity index (χ0v) is 28.3. The van der Waals surface area contributed by atoms with Crippen LogP contribution in [0.4, 0.5) is 0 Å². The number of benzene rings is 4. The summed E-state index contributed by atoms with van der Waals surface area (Å²) >= 11 is 0. The van der Waals surface area contributed by atoms with Gasteiger partial charge in [0.25, 0.3) is 0 Å². The molecule has 7 nitrogen and oxygen atoms in total. The number of hydrogen-bond acceptors (Lipinski definition) is 7. The van der Waals surface area contributed by atoms with E-state index >= 15 is 0 Å². The Kier molecular flexibility index (Phi) is 8.31. The van der Waals surface area contributed by atoms with Crippen molar-refractivity contribution in [1.29, 1.82) is 0 Å². The SMILES string of the molecule is CC1=C(C)Cc2c(c(OCC(O)COc3c4c(c(OCC5CO5)c5ccccc35)CC(C)=C(C)C4)c3ccccc3c2OCC2CO2)C1. The summed E-state index contributed by atoms with van der Waals surface area (Å²) in [7, 11) is 0. The molecule has 2 aliphatic heterocycles. The summed E-state index contributed by atoms with van der Waals surface area (Å²) in [5, 5.41) is 15.4. The average molecular weight is 649 g/mol. The van der Waals surface area contributed by atoms with Crippen molar-refractivity contribution in [3.8, 4) is 23.0 Å². The predicted molar refractivity (Wildman–Crippen MR) is 187 cm³/mol. The van der Waals surface area contributed by atoms with Crippen LogP contribution in [0.3, 0.4) is 0 Å². The second kappa shape index (κ2) is 12.8. The van der Waals surface area contributed by atoms with Crippen molar-refractivity contribution < 1.29 is 33.5 Å². The standard InChI is InChI=1S/C41H44O7/c1-23-13-34-36(15-25(23)3)40(47-21-28-19-43-28)32-11-7-5-9-30(32)38(34)45-17-27(42)18-46-39-31-10-6-8-12-33(31)41(48-22-29-20-44-29)37-16-26(4)24(2)14-35(37)39/h5-12,27-29,42H,13-22H2,1-4H3. The summed E-state index contributed by atoms with van der Waals surface area (Å²) in [5.74, 6) is 3.49. The Balaban J connectivity index is 1.07. The molecule has 0 radical (unpaired) electrons. The van der Waals surface area contributed by atoms with Gasteiger partial charge >= 0.3 is 0 Å². The Bertz CT molecular complexity index is 1820. The fraction of sp³-hybridized carbons (Fsp3) is 0.415. The van der Waals surface area contributed by atoms with Gasteiger partial charge in [0.05, 0.1) is 13.2 Å². The fourth-order valence-corrected chi connectivity index (χ4v) is 7.12. The number of ether oxygens (including phenoxy) is 6. The maximum atomic E-state index is 11.4. The number of epoxide rings is 2. The minimum atomic E-state index is -0.844. The molecule has 2 unspecified atom stereocenters. The topological polar surface area (TPSA) is 82.2 Å². The highest BCUT2D eigenvalue weighted by atomic mass is 16.6. The van der Waals surface area contributed by atoms with E-state index in [0.717, 1.165) is 94.6 Å². The summed E-state index contributed by atoms with van der Waals surface area (Å²) in [5.41, 5.74) is 10.0. The van der Waals surface area contributed by atoms with E-state index in [2.05, 4.69) is 52.0 Å². The van der Waals surface area contributed by atoms with Crippen LogP contribution in [0.1, 0.15) is 49.9 Å². The molecule has 0 bridgehead atoms. The van der Waals surface area contributed by atoms with Gasteiger partial charge in [-0.3, -0.25) is 0 Å². The molecular weight excluding hydrogens is 604 g/mol. The highest BCUT2D eigenvalue weighted by Gasteiger charge is 2.31. The third-order valence-electron chi connectivity index (χ3n) is 10.4. The molecule has 1 N–H and O–H groups in total. The van der Waals surface area contributed by atoms with Crippen LogP contribution in [-0.2, 0) is 35.2 Å². The first-order valence-corrected chi connectivity index (χ1v) is 17.2. The van der Waals surface area contributed by atoms with E-state index in [0.29, 0.717) is 13.2 Å².